The second-order valence-corrected chi connectivity index (χ2v) is 3.64. The maximum Gasteiger partial charge on any atom is 0.262 e. The Labute approximate surface area is 109 Å². The molecule has 8 nitrogen and oxygen atoms in total. The number of nitrogens with zero attached hydrogens (tertiary/aromatic N) is 4. The number of H-pyrrole nitrogens is 1. The number of nitriles is 1. The van der Waals surface area contributed by atoms with E-state index in [0.29, 0.717) is 43.3 Å². The van der Waals surface area contributed by atoms with E-state index in [0.717, 1.165) is 0 Å². The number of rotatable bonds is 7. The minimum atomic E-state index is 0.275. The summed E-state index contributed by atoms with van der Waals surface area (Å²) in [7, 11) is 1.62. The van der Waals surface area contributed by atoms with Gasteiger partial charge in [0.15, 0.2) is 5.82 Å². The minimum absolute atomic E-state index is 0.275. The molecule has 0 amide bonds. The van der Waals surface area contributed by atoms with Crippen LogP contribution in [0, 0.1) is 11.3 Å². The van der Waals surface area contributed by atoms with Crippen molar-refractivity contribution in [1.29, 1.82) is 5.26 Å². The lowest BCUT2D eigenvalue weighted by Gasteiger charge is -1.99. The van der Waals surface area contributed by atoms with Crippen molar-refractivity contribution in [2.45, 2.75) is 6.42 Å². The van der Waals surface area contributed by atoms with Gasteiger partial charge in [0.1, 0.15) is 11.8 Å². The molecule has 0 saturated heterocycles. The standard InChI is InChI=1S/C11H13N5O3/c1-17-4-5-18-3-2-10-14-11(19-16-10)8-7-13-15-9(8)6-12/h7H,2-5H2,1H3,(H,13,15). The topological polar surface area (TPSA) is 110 Å². The molecule has 19 heavy (non-hydrogen) atoms. The van der Waals surface area contributed by atoms with Crippen molar-refractivity contribution in [2.24, 2.45) is 0 Å². The van der Waals surface area contributed by atoms with E-state index in [1.807, 2.05) is 6.07 Å². The number of hydrogen-bond donors (Lipinski definition) is 1. The predicted octanol–water partition coefficient (Wildman–Crippen LogP) is 0.537. The zero-order valence-corrected chi connectivity index (χ0v) is 10.4. The van der Waals surface area contributed by atoms with Crippen LogP contribution in [0.2, 0.25) is 0 Å². The lowest BCUT2D eigenvalue weighted by molar-refractivity contribution is 0.0714. The minimum Gasteiger partial charge on any atom is -0.382 e. The van der Waals surface area contributed by atoms with Crippen LogP contribution in [-0.2, 0) is 15.9 Å². The fourth-order valence-corrected chi connectivity index (χ4v) is 1.41. The molecule has 0 saturated carbocycles. The van der Waals surface area contributed by atoms with Crippen molar-refractivity contribution < 1.29 is 14.0 Å². The van der Waals surface area contributed by atoms with Crippen LogP contribution in [-0.4, -0.2) is 47.3 Å². The highest BCUT2D eigenvalue weighted by atomic mass is 16.5. The number of hydrogen-bond acceptors (Lipinski definition) is 7. The monoisotopic (exact) mass is 263 g/mol. The normalized spacial score (nSPS) is 10.5. The first kappa shape index (κ1) is 13.2. The van der Waals surface area contributed by atoms with Gasteiger partial charge >= 0.3 is 0 Å². The molecule has 2 rings (SSSR count). The number of aromatic amines is 1. The maximum absolute atomic E-state index is 8.86. The Hall–Kier alpha value is -2.24. The Bertz CT molecular complexity index is 557. The molecule has 2 heterocycles. The molecule has 1 N–H and O–H groups in total. The van der Waals surface area contributed by atoms with Gasteiger partial charge in [-0.05, 0) is 0 Å². The van der Waals surface area contributed by atoms with Gasteiger partial charge in [0.25, 0.3) is 5.89 Å². The van der Waals surface area contributed by atoms with Gasteiger partial charge in [0.05, 0.1) is 31.6 Å². The molecule has 0 aromatic carbocycles. The van der Waals surface area contributed by atoms with Crippen LogP contribution >= 0.6 is 0 Å². The Balaban J connectivity index is 1.91. The van der Waals surface area contributed by atoms with E-state index in [1.165, 1.54) is 6.20 Å². The van der Waals surface area contributed by atoms with Crippen molar-refractivity contribution in [3.05, 3.63) is 17.7 Å². The molecule has 0 unspecified atom stereocenters. The summed E-state index contributed by atoms with van der Waals surface area (Å²) in [4.78, 5) is 4.18. The Morgan fingerprint density at radius 3 is 3.11 bits per heavy atom. The summed E-state index contributed by atoms with van der Waals surface area (Å²) in [5.74, 6) is 0.801. The number of nitrogens with one attached hydrogen (secondary N) is 1. The van der Waals surface area contributed by atoms with Crippen LogP contribution in [0.4, 0.5) is 0 Å². The highest BCUT2D eigenvalue weighted by Gasteiger charge is 2.14. The first-order valence-corrected chi connectivity index (χ1v) is 5.68. The zero-order chi connectivity index (χ0) is 13.5. The molecular weight excluding hydrogens is 250 g/mol. The third kappa shape index (κ3) is 3.37. The maximum atomic E-state index is 8.86. The van der Waals surface area contributed by atoms with Crippen LogP contribution in [0.15, 0.2) is 10.7 Å². The second-order valence-electron chi connectivity index (χ2n) is 3.64. The zero-order valence-electron chi connectivity index (χ0n) is 10.4. The molecule has 0 aliphatic rings. The van der Waals surface area contributed by atoms with Gasteiger partial charge < -0.3 is 14.0 Å². The van der Waals surface area contributed by atoms with Crippen LogP contribution < -0.4 is 0 Å². The van der Waals surface area contributed by atoms with Crippen LogP contribution in [0.3, 0.4) is 0 Å². The van der Waals surface area contributed by atoms with Crippen LogP contribution in [0.25, 0.3) is 11.5 Å². The highest BCUT2D eigenvalue weighted by Crippen LogP contribution is 2.19. The molecule has 2 aromatic heterocycles. The Kier molecular flexibility index (Phi) is 4.60. The van der Waals surface area contributed by atoms with Gasteiger partial charge in [-0.15, -0.1) is 0 Å². The third-order valence-electron chi connectivity index (χ3n) is 2.35. The SMILES string of the molecule is COCCOCCc1noc(-c2cn[nH]c2C#N)n1. The van der Waals surface area contributed by atoms with Crippen molar-refractivity contribution in [1.82, 2.24) is 20.3 Å². The van der Waals surface area contributed by atoms with Gasteiger partial charge in [0, 0.05) is 13.5 Å². The average molecular weight is 263 g/mol. The molecule has 0 fully saturated rings. The number of aromatic nitrogens is 4. The van der Waals surface area contributed by atoms with Gasteiger partial charge in [-0.2, -0.15) is 15.3 Å². The van der Waals surface area contributed by atoms with E-state index in [1.54, 1.807) is 7.11 Å². The Morgan fingerprint density at radius 2 is 2.32 bits per heavy atom. The summed E-state index contributed by atoms with van der Waals surface area (Å²) in [5.41, 5.74) is 0.799. The van der Waals surface area contributed by atoms with Crippen LogP contribution in [0.1, 0.15) is 11.5 Å². The summed E-state index contributed by atoms with van der Waals surface area (Å²) in [6.07, 6.45) is 2.01. The average Bonchev–Trinajstić information content (AvgIpc) is 3.06. The summed E-state index contributed by atoms with van der Waals surface area (Å²) in [6.45, 7) is 1.57. The van der Waals surface area contributed by atoms with Crippen molar-refractivity contribution in [3.63, 3.8) is 0 Å². The van der Waals surface area contributed by atoms with E-state index < -0.39 is 0 Å². The molecule has 2 aromatic rings. The molecule has 0 bridgehead atoms. The van der Waals surface area contributed by atoms with Crippen molar-refractivity contribution in [3.8, 4) is 17.5 Å². The second kappa shape index (κ2) is 6.63. The summed E-state index contributed by atoms with van der Waals surface area (Å²) < 4.78 is 15.2. The summed E-state index contributed by atoms with van der Waals surface area (Å²) >= 11 is 0. The lowest BCUT2D eigenvalue weighted by Crippen LogP contribution is -2.05. The number of ether oxygens (including phenoxy) is 2. The predicted molar refractivity (Wildman–Crippen MR) is 63.0 cm³/mol. The molecule has 0 aliphatic heterocycles. The number of methoxy groups -OCH3 is 1. The van der Waals surface area contributed by atoms with Crippen molar-refractivity contribution >= 4 is 0 Å². The van der Waals surface area contributed by atoms with E-state index >= 15 is 0 Å². The molecule has 0 atom stereocenters. The molecule has 0 aliphatic carbocycles. The first-order chi connectivity index (χ1) is 9.35. The largest absolute Gasteiger partial charge is 0.382 e. The molecule has 0 radical (unpaired) electrons. The highest BCUT2D eigenvalue weighted by molar-refractivity contribution is 5.58. The fourth-order valence-electron chi connectivity index (χ4n) is 1.41. The molecule has 100 valence electrons. The Morgan fingerprint density at radius 1 is 1.42 bits per heavy atom. The van der Waals surface area contributed by atoms with Gasteiger partial charge in [-0.3, -0.25) is 5.10 Å². The van der Waals surface area contributed by atoms with Gasteiger partial charge in [-0.25, -0.2) is 0 Å². The molecular formula is C11H13N5O3. The van der Waals surface area contributed by atoms with Crippen molar-refractivity contribution in [2.75, 3.05) is 26.9 Å². The first-order valence-electron chi connectivity index (χ1n) is 5.68. The third-order valence-corrected chi connectivity index (χ3v) is 2.35. The summed E-state index contributed by atoms with van der Waals surface area (Å²) in [6, 6.07) is 1.97. The van der Waals surface area contributed by atoms with E-state index in [2.05, 4.69) is 20.3 Å². The lowest BCUT2D eigenvalue weighted by atomic mass is 10.2. The van der Waals surface area contributed by atoms with E-state index in [4.69, 9.17) is 19.3 Å². The van der Waals surface area contributed by atoms with E-state index in [-0.39, 0.29) is 5.89 Å². The van der Waals surface area contributed by atoms with E-state index in [9.17, 15) is 0 Å². The summed E-state index contributed by atoms with van der Waals surface area (Å²) in [5, 5.41) is 19.0. The molecule has 0 spiro atoms. The molecule has 8 heteroatoms. The van der Waals surface area contributed by atoms with Gasteiger partial charge in [-0.1, -0.05) is 5.16 Å². The van der Waals surface area contributed by atoms with Crippen LogP contribution in [0.5, 0.6) is 0 Å². The smallest absolute Gasteiger partial charge is 0.262 e. The fraction of sp³-hybridized carbons (Fsp3) is 0.455. The van der Waals surface area contributed by atoms with Gasteiger partial charge in [0.2, 0.25) is 0 Å². The quantitative estimate of drug-likeness (QED) is 0.725.